The van der Waals surface area contributed by atoms with Gasteiger partial charge in [0.25, 0.3) is 5.69 Å². The SMILES string of the molecule is C=C(C)CCNCc1cccc([N+](=O)[O-])c1C. The summed E-state index contributed by atoms with van der Waals surface area (Å²) in [7, 11) is 0. The van der Waals surface area contributed by atoms with Crippen molar-refractivity contribution in [2.24, 2.45) is 0 Å². The van der Waals surface area contributed by atoms with E-state index in [1.807, 2.05) is 13.0 Å². The lowest BCUT2D eigenvalue weighted by atomic mass is 10.1. The van der Waals surface area contributed by atoms with Crippen molar-refractivity contribution >= 4 is 5.69 Å². The number of nitro benzene ring substituents is 1. The molecule has 1 aromatic rings. The van der Waals surface area contributed by atoms with Crippen LogP contribution < -0.4 is 5.32 Å². The minimum atomic E-state index is -0.341. The van der Waals surface area contributed by atoms with Crippen molar-refractivity contribution in [2.45, 2.75) is 26.8 Å². The quantitative estimate of drug-likeness (QED) is 0.356. The molecule has 0 aliphatic carbocycles. The van der Waals surface area contributed by atoms with Crippen LogP contribution in [0.1, 0.15) is 24.5 Å². The molecule has 0 saturated carbocycles. The summed E-state index contributed by atoms with van der Waals surface area (Å²) < 4.78 is 0. The molecule has 0 amide bonds. The molecule has 0 fully saturated rings. The molecule has 0 atom stereocenters. The zero-order chi connectivity index (χ0) is 12.8. The minimum Gasteiger partial charge on any atom is -0.312 e. The van der Waals surface area contributed by atoms with Crippen LogP contribution in [0.15, 0.2) is 30.4 Å². The molecule has 0 unspecified atom stereocenters. The molecule has 0 heterocycles. The Morgan fingerprint density at radius 2 is 2.24 bits per heavy atom. The highest BCUT2D eigenvalue weighted by molar-refractivity contribution is 5.44. The molecule has 1 aromatic carbocycles. The predicted molar refractivity (Wildman–Crippen MR) is 69.0 cm³/mol. The van der Waals surface area contributed by atoms with Crippen LogP contribution in [-0.4, -0.2) is 11.5 Å². The van der Waals surface area contributed by atoms with Crippen molar-refractivity contribution in [3.8, 4) is 0 Å². The van der Waals surface area contributed by atoms with Crippen molar-refractivity contribution in [3.05, 3.63) is 51.6 Å². The average molecular weight is 234 g/mol. The highest BCUT2D eigenvalue weighted by atomic mass is 16.6. The zero-order valence-electron chi connectivity index (χ0n) is 10.3. The van der Waals surface area contributed by atoms with Gasteiger partial charge in [0.2, 0.25) is 0 Å². The molecule has 1 rings (SSSR count). The first-order valence-electron chi connectivity index (χ1n) is 5.60. The summed E-state index contributed by atoms with van der Waals surface area (Å²) in [5.41, 5.74) is 3.03. The lowest BCUT2D eigenvalue weighted by Crippen LogP contribution is -2.15. The van der Waals surface area contributed by atoms with Gasteiger partial charge in [-0.15, -0.1) is 6.58 Å². The molecule has 0 radical (unpaired) electrons. The number of nitro groups is 1. The lowest BCUT2D eigenvalue weighted by molar-refractivity contribution is -0.385. The Kier molecular flexibility index (Phi) is 4.84. The maximum Gasteiger partial charge on any atom is 0.272 e. The van der Waals surface area contributed by atoms with Crippen molar-refractivity contribution in [3.63, 3.8) is 0 Å². The van der Waals surface area contributed by atoms with E-state index in [0.29, 0.717) is 6.54 Å². The lowest BCUT2D eigenvalue weighted by Gasteiger charge is -2.08. The van der Waals surface area contributed by atoms with E-state index in [2.05, 4.69) is 11.9 Å². The van der Waals surface area contributed by atoms with Crippen LogP contribution in [0.4, 0.5) is 5.69 Å². The minimum absolute atomic E-state index is 0.184. The number of benzene rings is 1. The fraction of sp³-hybridized carbons (Fsp3) is 0.385. The first kappa shape index (κ1) is 13.4. The summed E-state index contributed by atoms with van der Waals surface area (Å²) in [4.78, 5) is 10.4. The Hall–Kier alpha value is -1.68. The number of hydrogen-bond acceptors (Lipinski definition) is 3. The molecule has 0 spiro atoms. The van der Waals surface area contributed by atoms with Crippen LogP contribution in [0.2, 0.25) is 0 Å². The Bertz CT molecular complexity index is 427. The molecule has 17 heavy (non-hydrogen) atoms. The van der Waals surface area contributed by atoms with E-state index in [-0.39, 0.29) is 10.6 Å². The Balaban J connectivity index is 2.62. The number of nitrogens with one attached hydrogen (secondary N) is 1. The second-order valence-corrected chi connectivity index (χ2v) is 4.20. The smallest absolute Gasteiger partial charge is 0.272 e. The van der Waals surface area contributed by atoms with Crippen LogP contribution in [0.3, 0.4) is 0 Å². The number of rotatable bonds is 6. The standard InChI is InChI=1S/C13H18N2O2/c1-10(2)7-8-14-9-12-5-4-6-13(11(12)3)15(16)17/h4-6,14H,1,7-9H2,2-3H3. The van der Waals surface area contributed by atoms with Gasteiger partial charge in [-0.25, -0.2) is 0 Å². The third kappa shape index (κ3) is 4.00. The van der Waals surface area contributed by atoms with E-state index >= 15 is 0 Å². The van der Waals surface area contributed by atoms with Crippen LogP contribution in [0.5, 0.6) is 0 Å². The Morgan fingerprint density at radius 1 is 1.53 bits per heavy atom. The maximum atomic E-state index is 10.8. The van der Waals surface area contributed by atoms with Gasteiger partial charge in [0, 0.05) is 18.2 Å². The maximum absolute atomic E-state index is 10.8. The van der Waals surface area contributed by atoms with Crippen LogP contribution in [-0.2, 0) is 6.54 Å². The van der Waals surface area contributed by atoms with Crippen molar-refractivity contribution in [1.29, 1.82) is 0 Å². The topological polar surface area (TPSA) is 55.2 Å². The fourth-order valence-corrected chi connectivity index (χ4v) is 1.58. The molecule has 92 valence electrons. The van der Waals surface area contributed by atoms with Crippen LogP contribution in [0.25, 0.3) is 0 Å². The van der Waals surface area contributed by atoms with E-state index in [9.17, 15) is 10.1 Å². The van der Waals surface area contributed by atoms with Gasteiger partial charge in [-0.2, -0.15) is 0 Å². The van der Waals surface area contributed by atoms with E-state index in [1.165, 1.54) is 6.07 Å². The van der Waals surface area contributed by atoms with E-state index in [0.717, 1.165) is 29.7 Å². The molecule has 4 nitrogen and oxygen atoms in total. The van der Waals surface area contributed by atoms with Gasteiger partial charge < -0.3 is 5.32 Å². The second-order valence-electron chi connectivity index (χ2n) is 4.20. The predicted octanol–water partition coefficient (Wildman–Crippen LogP) is 2.96. The van der Waals surface area contributed by atoms with Gasteiger partial charge in [0.05, 0.1) is 4.92 Å². The summed E-state index contributed by atoms with van der Waals surface area (Å²) in [6, 6.07) is 5.17. The van der Waals surface area contributed by atoms with Gasteiger partial charge in [-0.05, 0) is 32.4 Å². The normalized spacial score (nSPS) is 10.2. The van der Waals surface area contributed by atoms with Crippen LogP contribution in [0, 0.1) is 17.0 Å². The molecular formula is C13H18N2O2. The summed E-state index contributed by atoms with van der Waals surface area (Å²) in [6.45, 7) is 9.10. The molecule has 0 aliphatic rings. The fourth-order valence-electron chi connectivity index (χ4n) is 1.58. The summed E-state index contributed by atoms with van der Waals surface area (Å²) in [5, 5.41) is 14.0. The van der Waals surface area contributed by atoms with Crippen LogP contribution >= 0.6 is 0 Å². The highest BCUT2D eigenvalue weighted by Gasteiger charge is 2.12. The van der Waals surface area contributed by atoms with Gasteiger partial charge in [0.15, 0.2) is 0 Å². The first-order chi connectivity index (χ1) is 8.02. The van der Waals surface area contributed by atoms with Gasteiger partial charge in [-0.3, -0.25) is 10.1 Å². The monoisotopic (exact) mass is 234 g/mol. The summed E-state index contributed by atoms with van der Waals surface area (Å²) in [6.07, 6.45) is 0.925. The van der Waals surface area contributed by atoms with Gasteiger partial charge >= 0.3 is 0 Å². The molecule has 0 aliphatic heterocycles. The zero-order valence-corrected chi connectivity index (χ0v) is 10.3. The summed E-state index contributed by atoms with van der Waals surface area (Å²) in [5.74, 6) is 0. The average Bonchev–Trinajstić information content (AvgIpc) is 2.25. The van der Waals surface area contributed by atoms with E-state index in [1.54, 1.807) is 13.0 Å². The largest absolute Gasteiger partial charge is 0.312 e. The van der Waals surface area contributed by atoms with Crippen molar-refractivity contribution in [1.82, 2.24) is 5.32 Å². The Labute approximate surface area is 101 Å². The molecule has 0 saturated heterocycles. The third-order valence-electron chi connectivity index (χ3n) is 2.66. The second kappa shape index (κ2) is 6.15. The van der Waals surface area contributed by atoms with E-state index < -0.39 is 0 Å². The highest BCUT2D eigenvalue weighted by Crippen LogP contribution is 2.20. The molecule has 1 N–H and O–H groups in total. The van der Waals surface area contributed by atoms with Crippen molar-refractivity contribution in [2.75, 3.05) is 6.54 Å². The number of nitrogens with zero attached hydrogens (tertiary/aromatic N) is 1. The summed E-state index contributed by atoms with van der Waals surface area (Å²) >= 11 is 0. The molecule has 4 heteroatoms. The molecule has 0 bridgehead atoms. The first-order valence-corrected chi connectivity index (χ1v) is 5.60. The van der Waals surface area contributed by atoms with Gasteiger partial charge in [0.1, 0.15) is 0 Å². The van der Waals surface area contributed by atoms with E-state index in [4.69, 9.17) is 0 Å². The Morgan fingerprint density at radius 3 is 2.82 bits per heavy atom. The number of hydrogen-bond donors (Lipinski definition) is 1. The molecular weight excluding hydrogens is 216 g/mol. The van der Waals surface area contributed by atoms with Gasteiger partial charge in [-0.1, -0.05) is 17.7 Å². The third-order valence-corrected chi connectivity index (χ3v) is 2.66. The molecule has 0 aromatic heterocycles. The van der Waals surface area contributed by atoms with Crippen molar-refractivity contribution < 1.29 is 4.92 Å².